The summed E-state index contributed by atoms with van der Waals surface area (Å²) in [5, 5.41) is 10.6. The van der Waals surface area contributed by atoms with Crippen molar-refractivity contribution >= 4 is 11.3 Å². The van der Waals surface area contributed by atoms with Crippen LogP contribution in [-0.4, -0.2) is 12.2 Å². The fourth-order valence-electron chi connectivity index (χ4n) is 2.12. The first kappa shape index (κ1) is 15.1. The molecule has 2 nitrogen and oxygen atoms in total. The quantitative estimate of drug-likeness (QED) is 0.905. The summed E-state index contributed by atoms with van der Waals surface area (Å²) < 4.78 is 5.36. The van der Waals surface area contributed by atoms with Gasteiger partial charge in [0, 0.05) is 15.3 Å². The predicted molar refractivity (Wildman–Crippen MR) is 84.8 cm³/mol. The van der Waals surface area contributed by atoms with Crippen LogP contribution >= 0.6 is 11.3 Å². The third kappa shape index (κ3) is 3.05. The van der Waals surface area contributed by atoms with Gasteiger partial charge < -0.3 is 9.84 Å². The van der Waals surface area contributed by atoms with E-state index in [-0.39, 0.29) is 5.41 Å². The third-order valence-corrected chi connectivity index (χ3v) is 4.88. The summed E-state index contributed by atoms with van der Waals surface area (Å²) in [5.41, 5.74) is 2.06. The van der Waals surface area contributed by atoms with Gasteiger partial charge in [-0.3, -0.25) is 0 Å². The SMILES string of the molecule is COc1ccc(C)cc1C(O)c1ccc(C(C)(C)C)s1. The number of rotatable bonds is 3. The topological polar surface area (TPSA) is 29.5 Å². The van der Waals surface area contributed by atoms with E-state index in [0.717, 1.165) is 21.8 Å². The number of aliphatic hydroxyl groups is 1. The number of hydrogen-bond acceptors (Lipinski definition) is 3. The van der Waals surface area contributed by atoms with Gasteiger partial charge >= 0.3 is 0 Å². The number of ether oxygens (including phenoxy) is 1. The minimum absolute atomic E-state index is 0.110. The molecule has 0 saturated heterocycles. The summed E-state index contributed by atoms with van der Waals surface area (Å²) in [5.74, 6) is 0.730. The highest BCUT2D eigenvalue weighted by Crippen LogP contribution is 2.37. The molecule has 1 atom stereocenters. The van der Waals surface area contributed by atoms with E-state index in [1.807, 2.05) is 31.2 Å². The van der Waals surface area contributed by atoms with Crippen molar-refractivity contribution in [2.45, 2.75) is 39.2 Å². The van der Waals surface area contributed by atoms with Gasteiger partial charge in [0.1, 0.15) is 11.9 Å². The summed E-state index contributed by atoms with van der Waals surface area (Å²) in [6.45, 7) is 8.57. The molecule has 0 bridgehead atoms. The highest BCUT2D eigenvalue weighted by atomic mass is 32.1. The highest BCUT2D eigenvalue weighted by Gasteiger charge is 2.21. The lowest BCUT2D eigenvalue weighted by molar-refractivity contribution is 0.218. The molecular formula is C17H22O2S. The number of hydrogen-bond donors (Lipinski definition) is 1. The number of methoxy groups -OCH3 is 1. The van der Waals surface area contributed by atoms with Crippen molar-refractivity contribution in [3.63, 3.8) is 0 Å². The highest BCUT2D eigenvalue weighted by molar-refractivity contribution is 7.12. The van der Waals surface area contributed by atoms with Crippen molar-refractivity contribution in [2.75, 3.05) is 7.11 Å². The Morgan fingerprint density at radius 2 is 1.85 bits per heavy atom. The van der Waals surface area contributed by atoms with E-state index >= 15 is 0 Å². The number of benzene rings is 1. The van der Waals surface area contributed by atoms with Crippen LogP contribution in [0.2, 0.25) is 0 Å². The normalized spacial score (nSPS) is 13.3. The van der Waals surface area contributed by atoms with Crippen LogP contribution < -0.4 is 4.74 Å². The van der Waals surface area contributed by atoms with Gasteiger partial charge in [0.05, 0.1) is 7.11 Å². The number of aliphatic hydroxyl groups excluding tert-OH is 1. The molecular weight excluding hydrogens is 268 g/mol. The first-order valence-corrected chi connectivity index (χ1v) is 7.57. The van der Waals surface area contributed by atoms with E-state index in [9.17, 15) is 5.11 Å². The van der Waals surface area contributed by atoms with Crippen LogP contribution in [0.3, 0.4) is 0 Å². The predicted octanol–water partition coefficient (Wildman–Crippen LogP) is 4.44. The fourth-order valence-corrected chi connectivity index (χ4v) is 3.19. The molecule has 2 rings (SSSR count). The van der Waals surface area contributed by atoms with Gasteiger partial charge in [0.2, 0.25) is 0 Å². The van der Waals surface area contributed by atoms with Crippen molar-refractivity contribution in [1.82, 2.24) is 0 Å². The zero-order valence-electron chi connectivity index (χ0n) is 12.7. The molecule has 3 heteroatoms. The third-order valence-electron chi connectivity index (χ3n) is 3.32. The standard InChI is InChI=1S/C17H22O2S/c1-11-6-7-13(19-5)12(10-11)16(18)14-8-9-15(20-14)17(2,3)4/h6-10,16,18H,1-5H3. The van der Waals surface area contributed by atoms with Crippen molar-refractivity contribution in [1.29, 1.82) is 0 Å². The second kappa shape index (κ2) is 5.58. The van der Waals surface area contributed by atoms with Crippen LogP contribution in [0.1, 0.15) is 47.8 Å². The summed E-state index contributed by atoms with van der Waals surface area (Å²) in [6, 6.07) is 10.00. The van der Waals surface area contributed by atoms with Crippen LogP contribution in [0.4, 0.5) is 0 Å². The molecule has 0 aliphatic rings. The molecule has 0 fully saturated rings. The lowest BCUT2D eigenvalue weighted by Crippen LogP contribution is -2.08. The maximum Gasteiger partial charge on any atom is 0.125 e. The monoisotopic (exact) mass is 290 g/mol. The largest absolute Gasteiger partial charge is 0.496 e. The summed E-state index contributed by atoms with van der Waals surface area (Å²) in [6.07, 6.45) is -0.633. The molecule has 0 saturated carbocycles. The Hall–Kier alpha value is -1.32. The molecule has 0 radical (unpaired) electrons. The molecule has 0 spiro atoms. The minimum atomic E-state index is -0.633. The van der Waals surface area contributed by atoms with Gasteiger partial charge in [-0.25, -0.2) is 0 Å². The summed E-state index contributed by atoms with van der Waals surface area (Å²) >= 11 is 1.66. The molecule has 1 unspecified atom stereocenters. The Balaban J connectivity index is 2.38. The van der Waals surface area contributed by atoms with Crippen LogP contribution in [0.15, 0.2) is 30.3 Å². The van der Waals surface area contributed by atoms with Crippen LogP contribution in [0, 0.1) is 6.92 Å². The van der Waals surface area contributed by atoms with Crippen molar-refractivity contribution in [2.24, 2.45) is 0 Å². The molecule has 108 valence electrons. The van der Waals surface area contributed by atoms with E-state index in [4.69, 9.17) is 4.74 Å². The van der Waals surface area contributed by atoms with Crippen LogP contribution in [-0.2, 0) is 5.41 Å². The Morgan fingerprint density at radius 1 is 1.15 bits per heavy atom. The maximum atomic E-state index is 10.6. The Kier molecular flexibility index (Phi) is 4.21. The Bertz CT molecular complexity index is 593. The van der Waals surface area contributed by atoms with Crippen molar-refractivity contribution in [3.05, 3.63) is 51.2 Å². The first-order chi connectivity index (χ1) is 9.32. The van der Waals surface area contributed by atoms with E-state index in [1.54, 1.807) is 18.4 Å². The van der Waals surface area contributed by atoms with E-state index < -0.39 is 6.10 Å². The average Bonchev–Trinajstić information content (AvgIpc) is 2.87. The molecule has 1 heterocycles. The van der Waals surface area contributed by atoms with Crippen molar-refractivity contribution < 1.29 is 9.84 Å². The molecule has 1 N–H and O–H groups in total. The van der Waals surface area contributed by atoms with Gasteiger partial charge in [-0.15, -0.1) is 11.3 Å². The first-order valence-electron chi connectivity index (χ1n) is 6.75. The molecule has 0 aliphatic carbocycles. The van der Waals surface area contributed by atoms with Gasteiger partial charge in [-0.05, 0) is 36.6 Å². The maximum absolute atomic E-state index is 10.6. The van der Waals surface area contributed by atoms with Gasteiger partial charge in [-0.2, -0.15) is 0 Å². The lowest BCUT2D eigenvalue weighted by Gasteiger charge is -2.17. The summed E-state index contributed by atoms with van der Waals surface area (Å²) in [4.78, 5) is 2.23. The van der Waals surface area contributed by atoms with E-state index in [2.05, 4.69) is 26.8 Å². The smallest absolute Gasteiger partial charge is 0.125 e. The zero-order valence-corrected chi connectivity index (χ0v) is 13.5. The molecule has 1 aromatic heterocycles. The molecule has 1 aromatic carbocycles. The fraction of sp³-hybridized carbons (Fsp3) is 0.412. The van der Waals surface area contributed by atoms with Gasteiger partial charge in [-0.1, -0.05) is 32.4 Å². The Morgan fingerprint density at radius 3 is 2.40 bits per heavy atom. The van der Waals surface area contributed by atoms with Gasteiger partial charge in [0.15, 0.2) is 0 Å². The van der Waals surface area contributed by atoms with Crippen LogP contribution in [0.5, 0.6) is 5.75 Å². The van der Waals surface area contributed by atoms with Crippen molar-refractivity contribution in [3.8, 4) is 5.75 Å². The second-order valence-corrected chi connectivity index (χ2v) is 7.22. The summed E-state index contributed by atoms with van der Waals surface area (Å²) in [7, 11) is 1.63. The van der Waals surface area contributed by atoms with Gasteiger partial charge in [0.25, 0.3) is 0 Å². The van der Waals surface area contributed by atoms with Crippen LogP contribution in [0.25, 0.3) is 0 Å². The molecule has 0 amide bonds. The number of aryl methyl sites for hydroxylation is 1. The Labute approximate surface area is 125 Å². The minimum Gasteiger partial charge on any atom is -0.496 e. The van der Waals surface area contributed by atoms with E-state index in [0.29, 0.717) is 0 Å². The average molecular weight is 290 g/mol. The molecule has 0 aliphatic heterocycles. The lowest BCUT2D eigenvalue weighted by atomic mass is 9.95. The van der Waals surface area contributed by atoms with E-state index in [1.165, 1.54) is 4.88 Å². The number of thiophene rings is 1. The molecule has 2 aromatic rings. The zero-order chi connectivity index (χ0) is 14.9. The second-order valence-electron chi connectivity index (χ2n) is 6.10. The molecule has 20 heavy (non-hydrogen) atoms.